The summed E-state index contributed by atoms with van der Waals surface area (Å²) in [5, 5.41) is 3.13. The first-order valence-electron chi connectivity index (χ1n) is 5.62. The molecule has 0 spiro atoms. The number of likely N-dealkylation sites (tertiary alicyclic amines) is 1. The lowest BCUT2D eigenvalue weighted by Gasteiger charge is -2.37. The van der Waals surface area contributed by atoms with E-state index in [0.29, 0.717) is 13.1 Å². The van der Waals surface area contributed by atoms with Gasteiger partial charge in [-0.3, -0.25) is 14.5 Å². The molecule has 0 radical (unpaired) electrons. The Bertz CT molecular complexity index is 307. The van der Waals surface area contributed by atoms with Crippen molar-refractivity contribution in [1.29, 1.82) is 0 Å². The summed E-state index contributed by atoms with van der Waals surface area (Å²) in [6.45, 7) is 2.82. The molecule has 2 saturated heterocycles. The molecule has 2 aliphatic rings. The van der Waals surface area contributed by atoms with Crippen LogP contribution in [0.1, 0.15) is 6.42 Å². The van der Waals surface area contributed by atoms with Crippen LogP contribution in [-0.2, 0) is 9.59 Å². The minimum Gasteiger partial charge on any atom is -0.368 e. The molecule has 3 N–H and O–H groups in total. The van der Waals surface area contributed by atoms with E-state index in [1.807, 2.05) is 4.90 Å². The van der Waals surface area contributed by atoms with Crippen molar-refractivity contribution >= 4 is 11.8 Å². The first-order chi connectivity index (χ1) is 7.61. The highest BCUT2D eigenvalue weighted by atomic mass is 16.2. The van der Waals surface area contributed by atoms with Gasteiger partial charge in [0.1, 0.15) is 6.04 Å². The topological polar surface area (TPSA) is 78.7 Å². The lowest BCUT2D eigenvalue weighted by Crippen LogP contribution is -2.61. The molecule has 0 aliphatic carbocycles. The second-order valence-electron chi connectivity index (χ2n) is 4.42. The summed E-state index contributed by atoms with van der Waals surface area (Å²) < 4.78 is 0. The summed E-state index contributed by atoms with van der Waals surface area (Å²) in [6.07, 6.45) is 0.791. The number of amides is 2. The Morgan fingerprint density at radius 1 is 1.50 bits per heavy atom. The molecule has 0 aromatic rings. The summed E-state index contributed by atoms with van der Waals surface area (Å²) in [4.78, 5) is 26.9. The molecule has 6 nitrogen and oxygen atoms in total. The van der Waals surface area contributed by atoms with Crippen molar-refractivity contribution in [3.63, 3.8) is 0 Å². The van der Waals surface area contributed by atoms with Crippen molar-refractivity contribution in [2.75, 3.05) is 33.2 Å². The van der Waals surface area contributed by atoms with E-state index in [0.717, 1.165) is 19.5 Å². The maximum atomic E-state index is 11.9. The third-order valence-electron chi connectivity index (χ3n) is 3.41. The molecule has 2 aliphatic heterocycles. The SMILES string of the molecule is CN1CCC(N2CCNCC2C(N)=O)C1=O. The quantitative estimate of drug-likeness (QED) is 0.569. The van der Waals surface area contributed by atoms with Crippen LogP contribution in [0.5, 0.6) is 0 Å². The van der Waals surface area contributed by atoms with E-state index >= 15 is 0 Å². The Morgan fingerprint density at radius 2 is 2.25 bits per heavy atom. The molecule has 0 saturated carbocycles. The number of carbonyl (C=O) groups excluding carboxylic acids is 2. The smallest absolute Gasteiger partial charge is 0.239 e. The van der Waals surface area contributed by atoms with Crippen molar-refractivity contribution in [3.8, 4) is 0 Å². The highest BCUT2D eigenvalue weighted by molar-refractivity contribution is 5.86. The zero-order chi connectivity index (χ0) is 11.7. The first kappa shape index (κ1) is 11.3. The Hall–Kier alpha value is -1.14. The summed E-state index contributed by atoms with van der Waals surface area (Å²) in [7, 11) is 1.80. The van der Waals surface area contributed by atoms with Crippen LogP contribution in [0.15, 0.2) is 0 Å². The van der Waals surface area contributed by atoms with E-state index in [1.54, 1.807) is 11.9 Å². The molecule has 2 amide bonds. The second kappa shape index (κ2) is 4.39. The van der Waals surface area contributed by atoms with Gasteiger partial charge in [0.05, 0.1) is 6.04 Å². The summed E-state index contributed by atoms with van der Waals surface area (Å²) in [5.74, 6) is -0.247. The monoisotopic (exact) mass is 226 g/mol. The van der Waals surface area contributed by atoms with Gasteiger partial charge < -0.3 is 16.0 Å². The number of nitrogens with zero attached hydrogens (tertiary/aromatic N) is 2. The molecule has 2 rings (SSSR count). The van der Waals surface area contributed by atoms with E-state index in [2.05, 4.69) is 5.32 Å². The van der Waals surface area contributed by atoms with Crippen LogP contribution < -0.4 is 11.1 Å². The van der Waals surface area contributed by atoms with Gasteiger partial charge in [-0.05, 0) is 6.42 Å². The highest BCUT2D eigenvalue weighted by Gasteiger charge is 2.40. The fourth-order valence-electron chi connectivity index (χ4n) is 2.47. The number of nitrogens with one attached hydrogen (secondary N) is 1. The standard InChI is InChI=1S/C10H18N4O2/c1-13-4-2-7(10(13)16)14-5-3-12-6-8(14)9(11)15/h7-8,12H,2-6H2,1H3,(H2,11,15). The Labute approximate surface area is 94.7 Å². The number of piperazine rings is 1. The number of rotatable bonds is 2. The molecule has 2 fully saturated rings. The summed E-state index contributed by atoms with van der Waals surface area (Å²) in [5.41, 5.74) is 5.36. The van der Waals surface area contributed by atoms with Crippen molar-refractivity contribution in [2.45, 2.75) is 18.5 Å². The van der Waals surface area contributed by atoms with Crippen LogP contribution in [-0.4, -0.2) is 66.9 Å². The molecular formula is C10H18N4O2. The molecule has 0 bridgehead atoms. The average molecular weight is 226 g/mol. The maximum absolute atomic E-state index is 11.9. The number of hydrogen-bond acceptors (Lipinski definition) is 4. The van der Waals surface area contributed by atoms with E-state index < -0.39 is 0 Å². The molecule has 6 heteroatoms. The number of likely N-dealkylation sites (N-methyl/N-ethyl adjacent to an activating group) is 1. The number of primary amides is 1. The van der Waals surface area contributed by atoms with Crippen LogP contribution in [0.3, 0.4) is 0 Å². The lowest BCUT2D eigenvalue weighted by atomic mass is 10.1. The molecule has 0 aromatic heterocycles. The van der Waals surface area contributed by atoms with Gasteiger partial charge >= 0.3 is 0 Å². The minimum absolute atomic E-state index is 0.105. The lowest BCUT2D eigenvalue weighted by molar-refractivity contribution is -0.134. The van der Waals surface area contributed by atoms with Crippen LogP contribution in [0, 0.1) is 0 Å². The largest absolute Gasteiger partial charge is 0.368 e. The van der Waals surface area contributed by atoms with Crippen LogP contribution in [0.2, 0.25) is 0 Å². The second-order valence-corrected chi connectivity index (χ2v) is 4.42. The van der Waals surface area contributed by atoms with Gasteiger partial charge in [-0.2, -0.15) is 0 Å². The molecule has 2 heterocycles. The van der Waals surface area contributed by atoms with Crippen molar-refractivity contribution in [1.82, 2.24) is 15.1 Å². The van der Waals surface area contributed by atoms with Gasteiger partial charge in [-0.25, -0.2) is 0 Å². The van der Waals surface area contributed by atoms with E-state index in [1.165, 1.54) is 0 Å². The molecule has 0 aromatic carbocycles. The fourth-order valence-corrected chi connectivity index (χ4v) is 2.47. The summed E-state index contributed by atoms with van der Waals surface area (Å²) >= 11 is 0. The predicted molar refractivity (Wildman–Crippen MR) is 58.6 cm³/mol. The van der Waals surface area contributed by atoms with Crippen molar-refractivity contribution < 1.29 is 9.59 Å². The van der Waals surface area contributed by atoms with Gasteiger partial charge in [0.2, 0.25) is 11.8 Å². The highest BCUT2D eigenvalue weighted by Crippen LogP contribution is 2.19. The third-order valence-corrected chi connectivity index (χ3v) is 3.41. The zero-order valence-electron chi connectivity index (χ0n) is 9.48. The van der Waals surface area contributed by atoms with Crippen LogP contribution in [0.25, 0.3) is 0 Å². The average Bonchev–Trinajstić information content (AvgIpc) is 2.60. The minimum atomic E-state index is -0.353. The van der Waals surface area contributed by atoms with Gasteiger partial charge in [0, 0.05) is 33.2 Å². The normalized spacial score (nSPS) is 32.1. The van der Waals surface area contributed by atoms with E-state index in [4.69, 9.17) is 5.73 Å². The molecule has 2 unspecified atom stereocenters. The molecule has 16 heavy (non-hydrogen) atoms. The van der Waals surface area contributed by atoms with Crippen LogP contribution >= 0.6 is 0 Å². The Morgan fingerprint density at radius 3 is 2.81 bits per heavy atom. The number of hydrogen-bond donors (Lipinski definition) is 2. The first-order valence-corrected chi connectivity index (χ1v) is 5.62. The van der Waals surface area contributed by atoms with Gasteiger partial charge in [0.15, 0.2) is 0 Å². The van der Waals surface area contributed by atoms with Crippen molar-refractivity contribution in [3.05, 3.63) is 0 Å². The van der Waals surface area contributed by atoms with Crippen molar-refractivity contribution in [2.24, 2.45) is 5.73 Å². The molecule has 2 atom stereocenters. The molecular weight excluding hydrogens is 208 g/mol. The summed E-state index contributed by atoms with van der Waals surface area (Å²) in [6, 6.07) is -0.515. The van der Waals surface area contributed by atoms with E-state index in [9.17, 15) is 9.59 Å². The fraction of sp³-hybridized carbons (Fsp3) is 0.800. The molecule has 90 valence electrons. The van der Waals surface area contributed by atoms with Gasteiger partial charge in [-0.1, -0.05) is 0 Å². The number of nitrogens with two attached hydrogens (primary N) is 1. The Kier molecular flexibility index (Phi) is 3.11. The maximum Gasteiger partial charge on any atom is 0.239 e. The number of carbonyl (C=O) groups is 2. The predicted octanol–water partition coefficient (Wildman–Crippen LogP) is -2.02. The van der Waals surface area contributed by atoms with E-state index in [-0.39, 0.29) is 23.9 Å². The zero-order valence-corrected chi connectivity index (χ0v) is 9.48. The Balaban J connectivity index is 2.11. The van der Waals surface area contributed by atoms with Crippen LogP contribution in [0.4, 0.5) is 0 Å². The third kappa shape index (κ3) is 1.90. The van der Waals surface area contributed by atoms with Gasteiger partial charge in [-0.15, -0.1) is 0 Å². The van der Waals surface area contributed by atoms with Gasteiger partial charge in [0.25, 0.3) is 0 Å².